The summed E-state index contributed by atoms with van der Waals surface area (Å²) in [6.45, 7) is 3.45. The number of piperidine rings is 1. The highest BCUT2D eigenvalue weighted by Gasteiger charge is 2.23. The number of aryl methyl sites for hydroxylation is 1. The number of thiazole rings is 1. The molecule has 0 unspecified atom stereocenters. The van der Waals surface area contributed by atoms with Gasteiger partial charge in [0, 0.05) is 24.0 Å². The van der Waals surface area contributed by atoms with Crippen LogP contribution in [0.5, 0.6) is 0 Å². The lowest BCUT2D eigenvalue weighted by molar-refractivity contribution is 0.0948. The highest BCUT2D eigenvalue weighted by atomic mass is 32.1. The zero-order chi connectivity index (χ0) is 21.3. The number of carboxylic acid groups (broad SMARTS) is 1. The van der Waals surface area contributed by atoms with Crippen LogP contribution in [0.15, 0.2) is 29.6 Å². The first-order valence-corrected chi connectivity index (χ1v) is 11.4. The molecule has 2 N–H and O–H groups in total. The predicted molar refractivity (Wildman–Crippen MR) is 118 cm³/mol. The summed E-state index contributed by atoms with van der Waals surface area (Å²) >= 11 is 1.58. The summed E-state index contributed by atoms with van der Waals surface area (Å²) in [7, 11) is 0. The monoisotopic (exact) mass is 431 g/mol. The molecule has 0 saturated carbocycles. The third kappa shape index (κ3) is 6.19. The van der Waals surface area contributed by atoms with Gasteiger partial charge in [-0.1, -0.05) is 31.9 Å². The van der Waals surface area contributed by atoms with E-state index in [1.165, 1.54) is 17.7 Å². The van der Waals surface area contributed by atoms with Crippen molar-refractivity contribution in [2.75, 3.05) is 25.0 Å². The second kappa shape index (κ2) is 11.0. The van der Waals surface area contributed by atoms with Crippen molar-refractivity contribution in [3.05, 3.63) is 35.3 Å². The van der Waals surface area contributed by atoms with Crippen molar-refractivity contribution < 1.29 is 19.4 Å². The van der Waals surface area contributed by atoms with Crippen LogP contribution in [0.2, 0.25) is 0 Å². The zero-order valence-corrected chi connectivity index (χ0v) is 18.1. The molecular weight excluding hydrogens is 402 g/mol. The molecule has 162 valence electrons. The van der Waals surface area contributed by atoms with Crippen LogP contribution in [0.3, 0.4) is 0 Å². The molecule has 1 aliphatic heterocycles. The summed E-state index contributed by atoms with van der Waals surface area (Å²) in [5.41, 5.74) is 2.65. The van der Waals surface area contributed by atoms with E-state index in [9.17, 15) is 9.59 Å². The third-order valence-corrected chi connectivity index (χ3v) is 6.24. The van der Waals surface area contributed by atoms with Crippen molar-refractivity contribution in [3.8, 4) is 10.6 Å². The number of ether oxygens (including phenoxy) is 1. The SMILES string of the molecule is CCCCCc1csc(-c2ccccc2NC(=O)OCC2CCN(C(=O)O)CC2)n1. The summed E-state index contributed by atoms with van der Waals surface area (Å²) < 4.78 is 5.41. The second-order valence-electron chi connectivity index (χ2n) is 7.58. The molecule has 0 aliphatic carbocycles. The van der Waals surface area contributed by atoms with E-state index in [0.717, 1.165) is 29.1 Å². The number of aromatic nitrogens is 1. The number of hydrogen-bond acceptors (Lipinski definition) is 5. The van der Waals surface area contributed by atoms with Gasteiger partial charge < -0.3 is 14.7 Å². The van der Waals surface area contributed by atoms with Gasteiger partial charge in [-0.05, 0) is 43.7 Å². The number of rotatable bonds is 8. The van der Waals surface area contributed by atoms with Gasteiger partial charge in [-0.15, -0.1) is 11.3 Å². The largest absolute Gasteiger partial charge is 0.465 e. The minimum Gasteiger partial charge on any atom is -0.465 e. The average molecular weight is 432 g/mol. The normalized spacial score (nSPS) is 14.5. The molecule has 1 aromatic heterocycles. The number of benzene rings is 1. The fraction of sp³-hybridized carbons (Fsp3) is 0.500. The number of unbranched alkanes of at least 4 members (excludes halogenated alkanes) is 2. The number of carbonyl (C=O) groups excluding carboxylic acids is 1. The Labute approximate surface area is 181 Å². The fourth-order valence-corrected chi connectivity index (χ4v) is 4.40. The summed E-state index contributed by atoms with van der Waals surface area (Å²) in [4.78, 5) is 29.4. The molecule has 1 aromatic carbocycles. The van der Waals surface area contributed by atoms with Crippen molar-refractivity contribution in [2.45, 2.75) is 45.4 Å². The predicted octanol–water partition coefficient (Wildman–Crippen LogP) is 5.48. The molecule has 0 bridgehead atoms. The lowest BCUT2D eigenvalue weighted by atomic mass is 9.98. The van der Waals surface area contributed by atoms with Gasteiger partial charge in [0.05, 0.1) is 18.0 Å². The van der Waals surface area contributed by atoms with Gasteiger partial charge in [-0.3, -0.25) is 5.32 Å². The van der Waals surface area contributed by atoms with E-state index in [0.29, 0.717) is 38.2 Å². The standard InChI is InChI=1S/C22H29N3O4S/c1-2-3-4-7-17-15-30-20(23-17)18-8-5-6-9-19(18)24-21(26)29-14-16-10-12-25(13-11-16)22(27)28/h5-6,8-9,15-16H,2-4,7,10-14H2,1H3,(H,24,26)(H,27,28). The Kier molecular flexibility index (Phi) is 8.07. The lowest BCUT2D eigenvalue weighted by Crippen LogP contribution is -2.38. The van der Waals surface area contributed by atoms with Crippen LogP contribution in [-0.4, -0.2) is 46.9 Å². The topological polar surface area (TPSA) is 91.8 Å². The summed E-state index contributed by atoms with van der Waals surface area (Å²) in [6, 6.07) is 7.60. The smallest absolute Gasteiger partial charge is 0.411 e. The molecule has 1 saturated heterocycles. The Balaban J connectivity index is 1.53. The molecule has 2 heterocycles. The van der Waals surface area contributed by atoms with Crippen LogP contribution < -0.4 is 5.32 Å². The molecule has 0 radical (unpaired) electrons. The Bertz CT molecular complexity index is 846. The molecule has 3 rings (SSSR count). The molecule has 0 spiro atoms. The number of para-hydroxylation sites is 1. The Morgan fingerprint density at radius 1 is 1.27 bits per heavy atom. The lowest BCUT2D eigenvalue weighted by Gasteiger charge is -2.29. The van der Waals surface area contributed by atoms with Crippen LogP contribution in [-0.2, 0) is 11.2 Å². The van der Waals surface area contributed by atoms with E-state index in [1.54, 1.807) is 11.3 Å². The van der Waals surface area contributed by atoms with Crippen molar-refractivity contribution >= 4 is 29.2 Å². The molecule has 1 aliphatic rings. The zero-order valence-electron chi connectivity index (χ0n) is 17.3. The van der Waals surface area contributed by atoms with E-state index >= 15 is 0 Å². The van der Waals surface area contributed by atoms with Crippen LogP contribution in [0.1, 0.15) is 44.7 Å². The molecule has 0 atom stereocenters. The number of anilines is 1. The number of carbonyl (C=O) groups is 2. The summed E-state index contributed by atoms with van der Waals surface area (Å²) in [5.74, 6) is 0.186. The molecule has 1 fully saturated rings. The highest BCUT2D eigenvalue weighted by Crippen LogP contribution is 2.31. The van der Waals surface area contributed by atoms with E-state index in [-0.39, 0.29) is 5.92 Å². The van der Waals surface area contributed by atoms with Gasteiger partial charge in [0.25, 0.3) is 0 Å². The first kappa shape index (κ1) is 22.1. The van der Waals surface area contributed by atoms with Gasteiger partial charge in [-0.2, -0.15) is 0 Å². The first-order valence-electron chi connectivity index (χ1n) is 10.5. The number of likely N-dealkylation sites (tertiary alicyclic amines) is 1. The molecule has 2 amide bonds. The average Bonchev–Trinajstić information content (AvgIpc) is 3.22. The van der Waals surface area contributed by atoms with Crippen LogP contribution in [0.25, 0.3) is 10.6 Å². The summed E-state index contributed by atoms with van der Waals surface area (Å²) in [6.07, 6.45) is 4.52. The van der Waals surface area contributed by atoms with Crippen molar-refractivity contribution in [1.82, 2.24) is 9.88 Å². The third-order valence-electron chi connectivity index (χ3n) is 5.32. The minimum absolute atomic E-state index is 0.186. The fourth-order valence-electron chi connectivity index (χ4n) is 3.51. The second-order valence-corrected chi connectivity index (χ2v) is 8.44. The molecule has 2 aromatic rings. The van der Waals surface area contributed by atoms with Crippen molar-refractivity contribution in [1.29, 1.82) is 0 Å². The first-order chi connectivity index (χ1) is 14.6. The quantitative estimate of drug-likeness (QED) is 0.540. The van der Waals surface area contributed by atoms with Crippen LogP contribution in [0, 0.1) is 5.92 Å². The van der Waals surface area contributed by atoms with E-state index in [1.807, 2.05) is 24.3 Å². The molecular formula is C22H29N3O4S. The van der Waals surface area contributed by atoms with E-state index in [4.69, 9.17) is 14.8 Å². The van der Waals surface area contributed by atoms with Gasteiger partial charge in [0.15, 0.2) is 0 Å². The molecule has 30 heavy (non-hydrogen) atoms. The van der Waals surface area contributed by atoms with Crippen LogP contribution in [0.4, 0.5) is 15.3 Å². The maximum Gasteiger partial charge on any atom is 0.411 e. The number of amides is 2. The van der Waals surface area contributed by atoms with E-state index in [2.05, 4.69) is 17.6 Å². The highest BCUT2D eigenvalue weighted by molar-refractivity contribution is 7.13. The van der Waals surface area contributed by atoms with Gasteiger partial charge in [0.1, 0.15) is 5.01 Å². The maximum atomic E-state index is 12.3. The van der Waals surface area contributed by atoms with Crippen molar-refractivity contribution in [2.24, 2.45) is 5.92 Å². The van der Waals surface area contributed by atoms with E-state index < -0.39 is 12.2 Å². The Morgan fingerprint density at radius 3 is 2.77 bits per heavy atom. The number of nitrogens with zero attached hydrogens (tertiary/aromatic N) is 2. The Morgan fingerprint density at radius 2 is 2.03 bits per heavy atom. The Hall–Kier alpha value is -2.61. The van der Waals surface area contributed by atoms with Crippen LogP contribution >= 0.6 is 11.3 Å². The molecule has 8 heteroatoms. The molecule has 7 nitrogen and oxygen atoms in total. The van der Waals surface area contributed by atoms with Gasteiger partial charge in [-0.25, -0.2) is 14.6 Å². The van der Waals surface area contributed by atoms with Gasteiger partial charge >= 0.3 is 12.2 Å². The minimum atomic E-state index is -0.889. The maximum absolute atomic E-state index is 12.3. The van der Waals surface area contributed by atoms with Crippen molar-refractivity contribution in [3.63, 3.8) is 0 Å². The number of nitrogens with one attached hydrogen (secondary N) is 1. The van der Waals surface area contributed by atoms with Gasteiger partial charge in [0.2, 0.25) is 0 Å². The number of hydrogen-bond donors (Lipinski definition) is 2. The summed E-state index contributed by atoms with van der Waals surface area (Å²) in [5, 5.41) is 14.8.